The molecule has 0 radical (unpaired) electrons. The molecular weight excluding hydrogens is 703 g/mol. The number of para-hydroxylation sites is 3. The van der Waals surface area contributed by atoms with E-state index in [-0.39, 0.29) is 0 Å². The minimum Gasteiger partial charge on any atom is -0.456 e. The number of nitrogens with zero attached hydrogens (tertiary/aromatic N) is 3. The van der Waals surface area contributed by atoms with Gasteiger partial charge in [0, 0.05) is 49.0 Å². The van der Waals surface area contributed by atoms with Gasteiger partial charge in [0.2, 0.25) is 0 Å². The van der Waals surface area contributed by atoms with Crippen LogP contribution in [0, 0.1) is 0 Å². The molecule has 0 spiro atoms. The maximum absolute atomic E-state index is 6.71. The molecule has 0 aliphatic rings. The Labute approximate surface area is 325 Å². The molecule has 0 saturated heterocycles. The summed E-state index contributed by atoms with van der Waals surface area (Å²) in [7, 11) is 0. The molecule has 0 atom stereocenters. The number of hydrogen-bond acceptors (Lipinski definition) is 6. The molecule has 6 heteroatoms. The smallest absolute Gasteiger partial charge is 0.167 e. The topological polar surface area (TPSA) is 78.1 Å². The second-order valence-corrected chi connectivity index (χ2v) is 14.3. The third kappa shape index (κ3) is 5.01. The second kappa shape index (κ2) is 12.3. The van der Waals surface area contributed by atoms with Crippen LogP contribution in [0.3, 0.4) is 0 Å². The highest BCUT2D eigenvalue weighted by molar-refractivity contribution is 6.14. The van der Waals surface area contributed by atoms with Crippen molar-refractivity contribution in [1.29, 1.82) is 0 Å². The summed E-state index contributed by atoms with van der Waals surface area (Å²) in [6.45, 7) is 0. The molecule has 0 aliphatic heterocycles. The Morgan fingerprint density at radius 1 is 0.281 bits per heavy atom. The van der Waals surface area contributed by atoms with Crippen molar-refractivity contribution in [3.05, 3.63) is 176 Å². The first-order valence-electron chi connectivity index (χ1n) is 18.9. The fourth-order valence-corrected chi connectivity index (χ4v) is 8.27. The normalized spacial score (nSPS) is 11.9. The molecule has 0 aliphatic carbocycles. The van der Waals surface area contributed by atoms with Crippen molar-refractivity contribution in [2.45, 2.75) is 0 Å². The zero-order valence-electron chi connectivity index (χ0n) is 30.3. The van der Waals surface area contributed by atoms with Crippen LogP contribution in [0.25, 0.3) is 122 Å². The Bertz CT molecular complexity index is 3530. The molecule has 0 N–H and O–H groups in total. The summed E-state index contributed by atoms with van der Waals surface area (Å²) in [6, 6.07) is 59.9. The van der Waals surface area contributed by atoms with E-state index >= 15 is 0 Å². The van der Waals surface area contributed by atoms with E-state index in [9.17, 15) is 0 Å². The van der Waals surface area contributed by atoms with Crippen molar-refractivity contribution in [3.8, 4) is 56.4 Å². The summed E-state index contributed by atoms with van der Waals surface area (Å²) >= 11 is 0. The van der Waals surface area contributed by atoms with Crippen LogP contribution in [0.2, 0.25) is 0 Å². The van der Waals surface area contributed by atoms with Gasteiger partial charge in [-0.2, -0.15) is 0 Å². The van der Waals surface area contributed by atoms with Gasteiger partial charge in [0.1, 0.15) is 33.5 Å². The average molecular weight is 732 g/mol. The molecule has 6 nitrogen and oxygen atoms in total. The van der Waals surface area contributed by atoms with Crippen LogP contribution in [0.4, 0.5) is 0 Å². The van der Waals surface area contributed by atoms with E-state index in [1.807, 2.05) is 97.1 Å². The van der Waals surface area contributed by atoms with Crippen LogP contribution >= 0.6 is 0 Å². The fourth-order valence-electron chi connectivity index (χ4n) is 8.27. The first-order valence-corrected chi connectivity index (χ1v) is 18.9. The van der Waals surface area contributed by atoms with Gasteiger partial charge in [-0.25, -0.2) is 15.0 Å². The predicted octanol–water partition coefficient (Wildman–Crippen LogP) is 13.9. The molecule has 0 fully saturated rings. The lowest BCUT2D eigenvalue weighted by Gasteiger charge is -2.09. The number of rotatable bonds is 5. The zero-order valence-corrected chi connectivity index (χ0v) is 30.3. The molecule has 12 aromatic rings. The van der Waals surface area contributed by atoms with Crippen LogP contribution in [0.5, 0.6) is 0 Å². The van der Waals surface area contributed by atoms with Gasteiger partial charge in [0.05, 0.1) is 5.56 Å². The maximum Gasteiger partial charge on any atom is 0.167 e. The standard InChI is InChI=1S/C51H29N3O3/c1-3-13-30(14-4-1)39-28-33(29-41-34-17-7-9-22-42(34)56-48(39)41)32-25-26-44-40(27-32)35-19-11-21-38(47(35)57-44)51-53-49(31-15-5-2-6-16-31)52-50(54-51)37-20-12-24-45-46(37)36-18-8-10-23-43(36)55-45/h1-29H. The lowest BCUT2D eigenvalue weighted by Crippen LogP contribution is -2.00. The Kier molecular flexibility index (Phi) is 6.83. The van der Waals surface area contributed by atoms with E-state index in [2.05, 4.69) is 78.9 Å². The highest BCUT2D eigenvalue weighted by Crippen LogP contribution is 2.42. The summed E-state index contributed by atoms with van der Waals surface area (Å²) in [5.74, 6) is 1.66. The SMILES string of the molecule is c1ccc(-c2nc(-c3cccc4c3oc3ccc(-c5cc(-c6ccccc6)c6oc7ccccc7c6c5)cc34)nc(-c3cccc4oc5ccccc5c34)n2)cc1. The molecule has 0 bridgehead atoms. The fraction of sp³-hybridized carbons (Fsp3) is 0. The average Bonchev–Trinajstić information content (AvgIpc) is 3.97. The van der Waals surface area contributed by atoms with Gasteiger partial charge in [-0.05, 0) is 65.2 Å². The first-order chi connectivity index (χ1) is 28.2. The van der Waals surface area contributed by atoms with E-state index in [0.717, 1.165) is 99.2 Å². The summed E-state index contributed by atoms with van der Waals surface area (Å²) < 4.78 is 19.4. The molecule has 0 saturated carbocycles. The van der Waals surface area contributed by atoms with Gasteiger partial charge >= 0.3 is 0 Å². The molecule has 0 unspecified atom stereocenters. The van der Waals surface area contributed by atoms with Gasteiger partial charge in [-0.3, -0.25) is 0 Å². The molecule has 57 heavy (non-hydrogen) atoms. The summed E-state index contributed by atoms with van der Waals surface area (Å²) in [4.78, 5) is 15.3. The van der Waals surface area contributed by atoms with E-state index in [4.69, 9.17) is 28.2 Å². The highest BCUT2D eigenvalue weighted by atomic mass is 16.3. The zero-order chi connectivity index (χ0) is 37.5. The van der Waals surface area contributed by atoms with Crippen LogP contribution in [-0.2, 0) is 0 Å². The Hall–Kier alpha value is -7.83. The Balaban J connectivity index is 1.05. The minimum absolute atomic E-state index is 0.526. The molecule has 8 aromatic carbocycles. The van der Waals surface area contributed by atoms with Gasteiger partial charge in [-0.15, -0.1) is 0 Å². The number of aromatic nitrogens is 3. The Morgan fingerprint density at radius 2 is 0.842 bits per heavy atom. The second-order valence-electron chi connectivity index (χ2n) is 14.3. The van der Waals surface area contributed by atoms with E-state index < -0.39 is 0 Å². The van der Waals surface area contributed by atoms with Crippen LogP contribution in [0.1, 0.15) is 0 Å². The molecular formula is C51H29N3O3. The first kappa shape index (κ1) is 31.5. The quantitative estimate of drug-likeness (QED) is 0.175. The third-order valence-electron chi connectivity index (χ3n) is 10.9. The van der Waals surface area contributed by atoms with E-state index in [1.54, 1.807) is 0 Å². The minimum atomic E-state index is 0.526. The summed E-state index contributed by atoms with van der Waals surface area (Å²) in [5, 5.41) is 6.15. The number of benzene rings is 8. The monoisotopic (exact) mass is 731 g/mol. The molecule has 12 rings (SSSR count). The van der Waals surface area contributed by atoms with Crippen LogP contribution in [0.15, 0.2) is 189 Å². The number of fused-ring (bicyclic) bond motifs is 9. The van der Waals surface area contributed by atoms with Crippen molar-refractivity contribution in [3.63, 3.8) is 0 Å². The van der Waals surface area contributed by atoms with E-state index in [0.29, 0.717) is 23.1 Å². The van der Waals surface area contributed by atoms with Crippen LogP contribution < -0.4 is 0 Å². The highest BCUT2D eigenvalue weighted by Gasteiger charge is 2.21. The molecule has 4 aromatic heterocycles. The third-order valence-corrected chi connectivity index (χ3v) is 10.9. The largest absolute Gasteiger partial charge is 0.456 e. The van der Waals surface area contributed by atoms with Crippen molar-refractivity contribution >= 4 is 65.8 Å². The van der Waals surface area contributed by atoms with Crippen molar-refractivity contribution in [2.24, 2.45) is 0 Å². The van der Waals surface area contributed by atoms with Gasteiger partial charge in [0.15, 0.2) is 17.5 Å². The van der Waals surface area contributed by atoms with Crippen LogP contribution in [-0.4, -0.2) is 15.0 Å². The van der Waals surface area contributed by atoms with Gasteiger partial charge < -0.3 is 13.3 Å². The molecule has 266 valence electrons. The van der Waals surface area contributed by atoms with E-state index in [1.165, 1.54) is 0 Å². The summed E-state index contributed by atoms with van der Waals surface area (Å²) in [6.07, 6.45) is 0. The maximum atomic E-state index is 6.71. The lowest BCUT2D eigenvalue weighted by atomic mass is 9.95. The predicted molar refractivity (Wildman–Crippen MR) is 229 cm³/mol. The van der Waals surface area contributed by atoms with Gasteiger partial charge in [0.25, 0.3) is 0 Å². The molecule has 4 heterocycles. The van der Waals surface area contributed by atoms with Gasteiger partial charge in [-0.1, -0.05) is 127 Å². The lowest BCUT2D eigenvalue weighted by molar-refractivity contribution is 0.668. The number of furan rings is 3. The Morgan fingerprint density at radius 3 is 1.65 bits per heavy atom. The van der Waals surface area contributed by atoms with Crippen molar-refractivity contribution < 1.29 is 13.3 Å². The molecule has 0 amide bonds. The van der Waals surface area contributed by atoms with Crippen molar-refractivity contribution in [2.75, 3.05) is 0 Å². The number of hydrogen-bond donors (Lipinski definition) is 0. The van der Waals surface area contributed by atoms with Crippen molar-refractivity contribution in [1.82, 2.24) is 15.0 Å². The summed E-state index contributed by atoms with van der Waals surface area (Å²) in [5.41, 5.74) is 11.7.